The van der Waals surface area contributed by atoms with Crippen LogP contribution in [0.15, 0.2) is 4.99 Å². The molecule has 5 fully saturated rings. The summed E-state index contributed by atoms with van der Waals surface area (Å²) >= 11 is 0. The Labute approximate surface area is 175 Å². The van der Waals surface area contributed by atoms with Crippen molar-refractivity contribution in [2.75, 3.05) is 26.7 Å². The number of nitrogens with two attached hydrogens (primary N) is 1. The highest BCUT2D eigenvalue weighted by Gasteiger charge is 2.50. The number of guanidine groups is 1. The van der Waals surface area contributed by atoms with Crippen LogP contribution in [0, 0.1) is 29.1 Å². The predicted octanol–water partition coefficient (Wildman–Crippen LogP) is 2.98. The standard InChI is InChI=1S/C20H34N4O.HI/c1-22-19(24-4-2-3-14(12-24)8-18(21)25)23-13-20-9-15-5-16(10-20)7-17(6-15)11-20;/h14-17H,2-13H2,1H3,(H2,21,25)(H,22,23);1H. The van der Waals surface area contributed by atoms with Crippen molar-refractivity contribution in [1.29, 1.82) is 0 Å². The summed E-state index contributed by atoms with van der Waals surface area (Å²) in [6.45, 7) is 3.03. The highest BCUT2D eigenvalue weighted by Crippen LogP contribution is 2.59. The number of amides is 1. The molecule has 5 aliphatic rings. The minimum absolute atomic E-state index is 0. The largest absolute Gasteiger partial charge is 0.370 e. The molecule has 3 N–H and O–H groups in total. The first kappa shape index (κ1) is 20.2. The van der Waals surface area contributed by atoms with Gasteiger partial charge in [0.2, 0.25) is 5.91 Å². The molecule has 1 aliphatic heterocycles. The molecular formula is C20H35IN4O. The molecule has 1 unspecified atom stereocenters. The average molecular weight is 474 g/mol. The van der Waals surface area contributed by atoms with E-state index in [1.807, 2.05) is 7.05 Å². The fourth-order valence-electron chi connectivity index (χ4n) is 6.81. The molecule has 0 aromatic heterocycles. The fourth-order valence-corrected chi connectivity index (χ4v) is 6.81. The Kier molecular flexibility index (Phi) is 6.40. The molecule has 4 aliphatic carbocycles. The molecule has 5 nitrogen and oxygen atoms in total. The molecule has 1 saturated heterocycles. The summed E-state index contributed by atoms with van der Waals surface area (Å²) in [4.78, 5) is 18.2. The quantitative estimate of drug-likeness (QED) is 0.374. The second-order valence-electron chi connectivity index (χ2n) is 9.44. The van der Waals surface area contributed by atoms with Crippen molar-refractivity contribution in [3.05, 3.63) is 0 Å². The Morgan fingerprint density at radius 2 is 1.81 bits per heavy atom. The Morgan fingerprint density at radius 3 is 2.35 bits per heavy atom. The molecule has 4 bridgehead atoms. The molecule has 26 heavy (non-hydrogen) atoms. The number of likely N-dealkylation sites (tertiary alicyclic amines) is 1. The minimum atomic E-state index is -0.177. The van der Waals surface area contributed by atoms with Gasteiger partial charge in [-0.25, -0.2) is 0 Å². The molecule has 1 heterocycles. The lowest BCUT2D eigenvalue weighted by Gasteiger charge is -2.57. The van der Waals surface area contributed by atoms with Gasteiger partial charge in [-0.05, 0) is 80.5 Å². The van der Waals surface area contributed by atoms with Gasteiger partial charge in [0.05, 0.1) is 0 Å². The van der Waals surface area contributed by atoms with Gasteiger partial charge in [0.1, 0.15) is 0 Å². The number of hydrogen-bond donors (Lipinski definition) is 2. The van der Waals surface area contributed by atoms with E-state index < -0.39 is 0 Å². The third kappa shape index (κ3) is 4.30. The summed E-state index contributed by atoms with van der Waals surface area (Å²) in [5.41, 5.74) is 5.92. The summed E-state index contributed by atoms with van der Waals surface area (Å²) in [5.74, 6) is 4.21. The van der Waals surface area contributed by atoms with E-state index in [0.29, 0.717) is 17.8 Å². The van der Waals surface area contributed by atoms with Crippen LogP contribution in [0.2, 0.25) is 0 Å². The van der Waals surface area contributed by atoms with Gasteiger partial charge in [-0.15, -0.1) is 24.0 Å². The second kappa shape index (κ2) is 8.23. The fraction of sp³-hybridized carbons (Fsp3) is 0.900. The first-order valence-corrected chi connectivity index (χ1v) is 10.3. The third-order valence-corrected chi connectivity index (χ3v) is 7.31. The van der Waals surface area contributed by atoms with Crippen LogP contribution < -0.4 is 11.1 Å². The maximum absolute atomic E-state index is 11.3. The van der Waals surface area contributed by atoms with Crippen molar-refractivity contribution in [2.24, 2.45) is 39.8 Å². The van der Waals surface area contributed by atoms with Crippen molar-refractivity contribution in [2.45, 2.75) is 57.8 Å². The number of hydrogen-bond acceptors (Lipinski definition) is 2. The first-order valence-electron chi connectivity index (χ1n) is 10.3. The summed E-state index contributed by atoms with van der Waals surface area (Å²) in [6, 6.07) is 0. The number of halogens is 1. The molecule has 6 heteroatoms. The van der Waals surface area contributed by atoms with Gasteiger partial charge in [-0.3, -0.25) is 9.79 Å². The van der Waals surface area contributed by atoms with Gasteiger partial charge in [0, 0.05) is 33.1 Å². The Morgan fingerprint density at radius 1 is 1.19 bits per heavy atom. The van der Waals surface area contributed by atoms with Crippen LogP contribution in [0.5, 0.6) is 0 Å². The van der Waals surface area contributed by atoms with Gasteiger partial charge in [-0.1, -0.05) is 0 Å². The monoisotopic (exact) mass is 474 g/mol. The van der Waals surface area contributed by atoms with E-state index in [0.717, 1.165) is 56.2 Å². The lowest BCUT2D eigenvalue weighted by molar-refractivity contribution is -0.119. The molecule has 0 aromatic rings. The number of carbonyl (C=O) groups excluding carboxylic acids is 1. The van der Waals surface area contributed by atoms with Crippen LogP contribution in [0.3, 0.4) is 0 Å². The maximum atomic E-state index is 11.3. The van der Waals surface area contributed by atoms with Gasteiger partial charge in [0.15, 0.2) is 5.96 Å². The number of aliphatic imine (C=N–C) groups is 1. The van der Waals surface area contributed by atoms with Crippen LogP contribution in [0.1, 0.15) is 57.8 Å². The number of primary amides is 1. The normalized spacial score (nSPS) is 38.8. The Hall–Kier alpha value is -0.530. The average Bonchev–Trinajstić information content (AvgIpc) is 2.54. The van der Waals surface area contributed by atoms with Gasteiger partial charge >= 0.3 is 0 Å². The van der Waals surface area contributed by atoms with Gasteiger partial charge in [0.25, 0.3) is 0 Å². The van der Waals surface area contributed by atoms with E-state index >= 15 is 0 Å². The first-order chi connectivity index (χ1) is 12.0. The van der Waals surface area contributed by atoms with E-state index in [1.165, 1.54) is 38.5 Å². The van der Waals surface area contributed by atoms with Crippen LogP contribution in [-0.4, -0.2) is 43.4 Å². The van der Waals surface area contributed by atoms with Gasteiger partial charge in [-0.2, -0.15) is 0 Å². The van der Waals surface area contributed by atoms with E-state index in [4.69, 9.17) is 5.73 Å². The van der Waals surface area contributed by atoms with E-state index in [9.17, 15) is 4.79 Å². The molecule has 1 atom stereocenters. The van der Waals surface area contributed by atoms with E-state index in [-0.39, 0.29) is 29.9 Å². The van der Waals surface area contributed by atoms with Gasteiger partial charge < -0.3 is 16.0 Å². The lowest BCUT2D eigenvalue weighted by Crippen LogP contribution is -2.54. The number of nitrogens with one attached hydrogen (secondary N) is 1. The predicted molar refractivity (Wildman–Crippen MR) is 115 cm³/mol. The minimum Gasteiger partial charge on any atom is -0.370 e. The van der Waals surface area contributed by atoms with E-state index in [1.54, 1.807) is 0 Å². The number of piperidine rings is 1. The zero-order chi connectivity index (χ0) is 17.4. The summed E-state index contributed by atoms with van der Waals surface area (Å²) in [5, 5.41) is 3.73. The topological polar surface area (TPSA) is 70.7 Å². The third-order valence-electron chi connectivity index (χ3n) is 7.31. The molecule has 4 saturated carbocycles. The number of rotatable bonds is 4. The second-order valence-corrected chi connectivity index (χ2v) is 9.44. The Balaban J connectivity index is 0.00000196. The molecule has 1 amide bonds. The Bertz CT molecular complexity index is 515. The zero-order valence-corrected chi connectivity index (χ0v) is 18.4. The summed E-state index contributed by atoms with van der Waals surface area (Å²) in [7, 11) is 1.89. The summed E-state index contributed by atoms with van der Waals surface area (Å²) in [6.07, 6.45) is 11.5. The lowest BCUT2D eigenvalue weighted by atomic mass is 9.49. The number of nitrogens with zero attached hydrogens (tertiary/aromatic N) is 2. The number of carbonyl (C=O) groups is 1. The van der Waals surface area contributed by atoms with Crippen molar-refractivity contribution in [1.82, 2.24) is 10.2 Å². The highest BCUT2D eigenvalue weighted by atomic mass is 127. The zero-order valence-electron chi connectivity index (χ0n) is 16.1. The highest BCUT2D eigenvalue weighted by molar-refractivity contribution is 14.0. The van der Waals surface area contributed by atoms with Crippen molar-refractivity contribution >= 4 is 35.8 Å². The van der Waals surface area contributed by atoms with Crippen LogP contribution >= 0.6 is 24.0 Å². The van der Waals surface area contributed by atoms with E-state index in [2.05, 4.69) is 15.2 Å². The maximum Gasteiger partial charge on any atom is 0.217 e. The van der Waals surface area contributed by atoms with Crippen LogP contribution in [-0.2, 0) is 4.79 Å². The molecule has 0 aromatic carbocycles. The molecule has 148 valence electrons. The molecule has 0 radical (unpaired) electrons. The van der Waals surface area contributed by atoms with Crippen LogP contribution in [0.25, 0.3) is 0 Å². The molecular weight excluding hydrogens is 439 g/mol. The summed E-state index contributed by atoms with van der Waals surface area (Å²) < 4.78 is 0. The smallest absolute Gasteiger partial charge is 0.217 e. The van der Waals surface area contributed by atoms with Crippen molar-refractivity contribution in [3.8, 4) is 0 Å². The van der Waals surface area contributed by atoms with Crippen LogP contribution in [0.4, 0.5) is 0 Å². The molecule has 0 spiro atoms. The van der Waals surface area contributed by atoms with Crippen molar-refractivity contribution in [3.63, 3.8) is 0 Å². The molecule has 5 rings (SSSR count). The van der Waals surface area contributed by atoms with Crippen molar-refractivity contribution < 1.29 is 4.79 Å². The SMILES string of the molecule is CN=C(NCC12CC3CC(CC(C3)C1)C2)N1CCCC(CC(N)=O)C1.I.